The zero-order chi connectivity index (χ0) is 14.8. The van der Waals surface area contributed by atoms with Gasteiger partial charge in [-0.1, -0.05) is 18.2 Å². The maximum Gasteiger partial charge on any atom is 0.184 e. The molecular formula is C16H23NO2S. The molecule has 1 aromatic carbocycles. The van der Waals surface area contributed by atoms with Crippen LogP contribution in [0, 0.1) is 6.92 Å². The number of nitrogens with one attached hydrogen (secondary N) is 1. The van der Waals surface area contributed by atoms with E-state index in [9.17, 15) is 8.42 Å². The van der Waals surface area contributed by atoms with Gasteiger partial charge in [0.25, 0.3) is 0 Å². The summed E-state index contributed by atoms with van der Waals surface area (Å²) in [7, 11) is -3.31. The average Bonchev–Trinajstić information content (AvgIpc) is 2.47. The molecule has 1 aromatic rings. The Hall–Kier alpha value is -1.13. The van der Waals surface area contributed by atoms with Gasteiger partial charge in [0.05, 0.1) is 10.1 Å². The maximum absolute atomic E-state index is 12.5. The lowest BCUT2D eigenvalue weighted by atomic mass is 9.87. The molecule has 4 heteroatoms. The smallest absolute Gasteiger partial charge is 0.184 e. The van der Waals surface area contributed by atoms with Gasteiger partial charge in [0.1, 0.15) is 0 Å². The van der Waals surface area contributed by atoms with Crippen LogP contribution in [0.25, 0.3) is 0 Å². The second kappa shape index (κ2) is 6.10. The molecule has 1 N–H and O–H groups in total. The van der Waals surface area contributed by atoms with E-state index in [0.29, 0.717) is 10.8 Å². The van der Waals surface area contributed by atoms with Crippen molar-refractivity contribution in [1.29, 1.82) is 0 Å². The molecule has 0 amide bonds. The van der Waals surface area contributed by atoms with Crippen molar-refractivity contribution in [1.82, 2.24) is 5.32 Å². The Labute approximate surface area is 122 Å². The van der Waals surface area contributed by atoms with E-state index in [4.69, 9.17) is 0 Å². The molecule has 0 bridgehead atoms. The Morgan fingerprint density at radius 1 is 1.35 bits per heavy atom. The topological polar surface area (TPSA) is 46.2 Å². The largest absolute Gasteiger partial charge is 0.317 e. The Balaban J connectivity index is 2.44. The van der Waals surface area contributed by atoms with Crippen LogP contribution in [0.5, 0.6) is 0 Å². The molecule has 1 fully saturated rings. The molecule has 0 aliphatic carbocycles. The van der Waals surface area contributed by atoms with Crippen LogP contribution >= 0.6 is 0 Å². The first-order valence-corrected chi connectivity index (χ1v) is 8.69. The number of benzene rings is 1. The number of piperidine rings is 1. The quantitative estimate of drug-likeness (QED) is 0.868. The third kappa shape index (κ3) is 2.81. The van der Waals surface area contributed by atoms with Crippen LogP contribution in [-0.2, 0) is 9.84 Å². The molecule has 0 aromatic heterocycles. The van der Waals surface area contributed by atoms with Gasteiger partial charge in [0.15, 0.2) is 9.84 Å². The highest BCUT2D eigenvalue weighted by atomic mass is 32.2. The van der Waals surface area contributed by atoms with E-state index in [1.165, 1.54) is 11.6 Å². The Morgan fingerprint density at radius 2 is 2.00 bits per heavy atom. The summed E-state index contributed by atoms with van der Waals surface area (Å²) in [6.07, 6.45) is 3.63. The number of hydrogen-bond donors (Lipinski definition) is 1. The van der Waals surface area contributed by atoms with Crippen LogP contribution in [0.3, 0.4) is 0 Å². The van der Waals surface area contributed by atoms with Crippen molar-refractivity contribution in [2.75, 3.05) is 13.1 Å². The number of hydrogen-bond acceptors (Lipinski definition) is 3. The van der Waals surface area contributed by atoms with E-state index >= 15 is 0 Å². The lowest BCUT2D eigenvalue weighted by Gasteiger charge is -2.25. The van der Waals surface area contributed by atoms with Crippen LogP contribution in [-0.4, -0.2) is 26.8 Å². The predicted molar refractivity (Wildman–Crippen MR) is 82.9 cm³/mol. The van der Waals surface area contributed by atoms with E-state index in [1.807, 2.05) is 13.0 Å². The molecule has 1 unspecified atom stereocenters. The van der Waals surface area contributed by atoms with Gasteiger partial charge in [-0.2, -0.15) is 0 Å². The highest BCUT2D eigenvalue weighted by Gasteiger charge is 2.25. The molecule has 1 aliphatic heterocycles. The fourth-order valence-electron chi connectivity index (χ4n) is 2.84. The van der Waals surface area contributed by atoms with Crippen LogP contribution in [0.2, 0.25) is 0 Å². The van der Waals surface area contributed by atoms with Crippen molar-refractivity contribution < 1.29 is 8.42 Å². The van der Waals surface area contributed by atoms with Gasteiger partial charge in [-0.15, -0.1) is 6.58 Å². The van der Waals surface area contributed by atoms with Gasteiger partial charge in [-0.05, 0) is 62.9 Å². The molecule has 0 radical (unpaired) electrons. The summed E-state index contributed by atoms with van der Waals surface area (Å²) in [5.74, 6) is 0.463. The molecule has 110 valence electrons. The zero-order valence-corrected chi connectivity index (χ0v) is 13.0. The van der Waals surface area contributed by atoms with Gasteiger partial charge in [-0.3, -0.25) is 0 Å². The number of rotatable bonds is 4. The third-order valence-electron chi connectivity index (χ3n) is 4.23. The van der Waals surface area contributed by atoms with Crippen LogP contribution in [0.15, 0.2) is 35.7 Å². The molecule has 1 saturated heterocycles. The number of sulfone groups is 1. The van der Waals surface area contributed by atoms with E-state index in [0.717, 1.165) is 31.5 Å². The van der Waals surface area contributed by atoms with E-state index in [2.05, 4.69) is 18.0 Å². The zero-order valence-electron chi connectivity index (χ0n) is 12.2. The van der Waals surface area contributed by atoms with Gasteiger partial charge in [0, 0.05) is 0 Å². The minimum absolute atomic E-state index is 0.459. The van der Waals surface area contributed by atoms with Crippen molar-refractivity contribution in [2.24, 2.45) is 0 Å². The van der Waals surface area contributed by atoms with Gasteiger partial charge < -0.3 is 5.32 Å². The molecule has 2 rings (SSSR count). The summed E-state index contributed by atoms with van der Waals surface area (Å²) in [5.41, 5.74) is 2.09. The molecular weight excluding hydrogens is 270 g/mol. The fourth-order valence-corrected chi connectivity index (χ4v) is 4.31. The summed E-state index contributed by atoms with van der Waals surface area (Å²) in [4.78, 5) is 0.459. The van der Waals surface area contributed by atoms with Crippen molar-refractivity contribution in [3.05, 3.63) is 42.0 Å². The highest BCUT2D eigenvalue weighted by Crippen LogP contribution is 2.32. The molecule has 1 atom stereocenters. The molecule has 0 saturated carbocycles. The highest BCUT2D eigenvalue weighted by molar-refractivity contribution is 7.92. The normalized spacial score (nSPS) is 18.7. The molecule has 1 aliphatic rings. The molecule has 3 nitrogen and oxygen atoms in total. The van der Waals surface area contributed by atoms with Crippen LogP contribution in [0.1, 0.15) is 36.8 Å². The lowest BCUT2D eigenvalue weighted by molar-refractivity contribution is 0.458. The standard InChI is InChI=1S/C16H23NO2S/c1-4-12(2)20(18,19)16-7-5-6-15(13(16)3)14-8-10-17-11-9-14/h4-7,12,14,17H,1,8-11H2,2-3H3. The fraction of sp³-hybridized carbons (Fsp3) is 0.500. The molecule has 1 heterocycles. The first-order chi connectivity index (χ1) is 9.48. The average molecular weight is 293 g/mol. The first kappa shape index (κ1) is 15.3. The van der Waals surface area contributed by atoms with Gasteiger partial charge >= 0.3 is 0 Å². The Morgan fingerprint density at radius 3 is 2.60 bits per heavy atom. The van der Waals surface area contributed by atoms with Crippen molar-refractivity contribution in [3.8, 4) is 0 Å². The monoisotopic (exact) mass is 293 g/mol. The Kier molecular flexibility index (Phi) is 4.66. The van der Waals surface area contributed by atoms with Gasteiger partial charge in [0.2, 0.25) is 0 Å². The van der Waals surface area contributed by atoms with E-state index < -0.39 is 15.1 Å². The molecule has 20 heavy (non-hydrogen) atoms. The van der Waals surface area contributed by atoms with E-state index in [1.54, 1.807) is 13.0 Å². The SMILES string of the molecule is C=CC(C)S(=O)(=O)c1cccc(C2CCNCC2)c1C. The Bertz CT molecular complexity index is 586. The minimum atomic E-state index is -3.31. The third-order valence-corrected chi connectivity index (χ3v) is 6.46. The predicted octanol–water partition coefficient (Wildman–Crippen LogP) is 2.81. The van der Waals surface area contributed by atoms with Gasteiger partial charge in [-0.25, -0.2) is 8.42 Å². The molecule has 0 spiro atoms. The second-order valence-corrected chi connectivity index (χ2v) is 7.75. The van der Waals surface area contributed by atoms with Crippen LogP contribution < -0.4 is 5.32 Å². The van der Waals surface area contributed by atoms with Crippen molar-refractivity contribution >= 4 is 9.84 Å². The summed E-state index contributed by atoms with van der Waals surface area (Å²) in [6.45, 7) is 9.23. The van der Waals surface area contributed by atoms with Crippen molar-refractivity contribution in [2.45, 2.75) is 42.8 Å². The van der Waals surface area contributed by atoms with E-state index in [-0.39, 0.29) is 0 Å². The van der Waals surface area contributed by atoms with Crippen LogP contribution in [0.4, 0.5) is 0 Å². The minimum Gasteiger partial charge on any atom is -0.317 e. The summed E-state index contributed by atoms with van der Waals surface area (Å²) in [6, 6.07) is 5.66. The second-order valence-electron chi connectivity index (χ2n) is 5.48. The lowest BCUT2D eigenvalue weighted by Crippen LogP contribution is -2.27. The summed E-state index contributed by atoms with van der Waals surface area (Å²) in [5, 5.41) is 2.79. The summed E-state index contributed by atoms with van der Waals surface area (Å²) >= 11 is 0. The first-order valence-electron chi connectivity index (χ1n) is 7.15. The maximum atomic E-state index is 12.5. The summed E-state index contributed by atoms with van der Waals surface area (Å²) < 4.78 is 25.1. The van der Waals surface area contributed by atoms with Crippen molar-refractivity contribution in [3.63, 3.8) is 0 Å².